The first-order chi connectivity index (χ1) is 10.2. The van der Waals surface area contributed by atoms with Crippen LogP contribution in [0.1, 0.15) is 11.1 Å². The second-order valence-electron chi connectivity index (χ2n) is 4.73. The fourth-order valence-electron chi connectivity index (χ4n) is 2.02. The van der Waals surface area contributed by atoms with Crippen LogP contribution in [0.2, 0.25) is 5.02 Å². The Balaban J connectivity index is 1.78. The summed E-state index contributed by atoms with van der Waals surface area (Å²) in [6.45, 7) is 2.80. The standard InChI is InChI=1S/C15H14ClN5/c1-11-2-7-14(21-10-18-19-20-21)8-15(11)17-9-12-3-5-13(16)6-4-12/h2-8,10,17H,9H2,1H3. The number of aromatic nitrogens is 4. The monoisotopic (exact) mass is 299 g/mol. The Bertz CT molecular complexity index is 722. The largest absolute Gasteiger partial charge is 0.381 e. The number of hydrogen-bond donors (Lipinski definition) is 1. The number of aryl methyl sites for hydroxylation is 1. The van der Waals surface area contributed by atoms with E-state index in [0.29, 0.717) is 0 Å². The summed E-state index contributed by atoms with van der Waals surface area (Å²) in [6.07, 6.45) is 1.58. The van der Waals surface area contributed by atoms with Gasteiger partial charge in [0.15, 0.2) is 0 Å². The quantitative estimate of drug-likeness (QED) is 0.803. The maximum absolute atomic E-state index is 5.89. The molecule has 0 aliphatic carbocycles. The normalized spacial score (nSPS) is 10.6. The average molecular weight is 300 g/mol. The van der Waals surface area contributed by atoms with Crippen molar-refractivity contribution in [3.05, 3.63) is 64.9 Å². The van der Waals surface area contributed by atoms with E-state index >= 15 is 0 Å². The van der Waals surface area contributed by atoms with E-state index in [9.17, 15) is 0 Å². The van der Waals surface area contributed by atoms with E-state index in [-0.39, 0.29) is 0 Å². The zero-order valence-corrected chi connectivity index (χ0v) is 12.2. The van der Waals surface area contributed by atoms with Gasteiger partial charge in [-0.2, -0.15) is 0 Å². The molecule has 1 heterocycles. The number of nitrogens with one attached hydrogen (secondary N) is 1. The average Bonchev–Trinajstić information content (AvgIpc) is 3.02. The highest BCUT2D eigenvalue weighted by Gasteiger charge is 2.03. The molecule has 0 aliphatic rings. The van der Waals surface area contributed by atoms with Gasteiger partial charge in [0.1, 0.15) is 6.33 Å². The van der Waals surface area contributed by atoms with Crippen molar-refractivity contribution < 1.29 is 0 Å². The SMILES string of the molecule is Cc1ccc(-n2cnnn2)cc1NCc1ccc(Cl)cc1. The fraction of sp³-hybridized carbons (Fsp3) is 0.133. The Kier molecular flexibility index (Phi) is 3.83. The van der Waals surface area contributed by atoms with Gasteiger partial charge in [-0.25, -0.2) is 4.68 Å². The second-order valence-corrected chi connectivity index (χ2v) is 5.17. The van der Waals surface area contributed by atoms with Gasteiger partial charge in [0.05, 0.1) is 5.69 Å². The maximum Gasteiger partial charge on any atom is 0.143 e. The van der Waals surface area contributed by atoms with Crippen molar-refractivity contribution >= 4 is 17.3 Å². The van der Waals surface area contributed by atoms with E-state index in [4.69, 9.17) is 11.6 Å². The van der Waals surface area contributed by atoms with Gasteiger partial charge in [-0.15, -0.1) is 5.10 Å². The first kappa shape index (κ1) is 13.6. The molecule has 0 saturated heterocycles. The van der Waals surface area contributed by atoms with Crippen molar-refractivity contribution in [3.63, 3.8) is 0 Å². The van der Waals surface area contributed by atoms with Gasteiger partial charge in [0, 0.05) is 17.3 Å². The third-order valence-electron chi connectivity index (χ3n) is 3.23. The molecule has 0 bridgehead atoms. The molecular formula is C15H14ClN5. The van der Waals surface area contributed by atoms with Gasteiger partial charge in [0.25, 0.3) is 0 Å². The molecule has 106 valence electrons. The highest BCUT2D eigenvalue weighted by molar-refractivity contribution is 6.30. The van der Waals surface area contributed by atoms with Crippen LogP contribution in [0.4, 0.5) is 5.69 Å². The Hall–Kier alpha value is -2.40. The summed E-state index contributed by atoms with van der Waals surface area (Å²) in [5.74, 6) is 0. The molecule has 0 unspecified atom stereocenters. The fourth-order valence-corrected chi connectivity index (χ4v) is 2.15. The Morgan fingerprint density at radius 3 is 2.67 bits per heavy atom. The number of benzene rings is 2. The van der Waals surface area contributed by atoms with Gasteiger partial charge >= 0.3 is 0 Å². The van der Waals surface area contributed by atoms with E-state index in [1.54, 1.807) is 11.0 Å². The molecule has 0 saturated carbocycles. The topological polar surface area (TPSA) is 55.6 Å². The summed E-state index contributed by atoms with van der Waals surface area (Å²) >= 11 is 5.89. The van der Waals surface area contributed by atoms with Crippen LogP contribution in [0.3, 0.4) is 0 Å². The third kappa shape index (κ3) is 3.20. The van der Waals surface area contributed by atoms with Gasteiger partial charge < -0.3 is 5.32 Å². The molecule has 0 atom stereocenters. The van der Waals surface area contributed by atoms with Crippen molar-refractivity contribution in [1.29, 1.82) is 0 Å². The summed E-state index contributed by atoms with van der Waals surface area (Å²) in [6, 6.07) is 13.9. The van der Waals surface area contributed by atoms with Crippen molar-refractivity contribution in [2.24, 2.45) is 0 Å². The zero-order valence-electron chi connectivity index (χ0n) is 11.5. The van der Waals surface area contributed by atoms with Crippen LogP contribution >= 0.6 is 11.6 Å². The van der Waals surface area contributed by atoms with Crippen molar-refractivity contribution in [2.45, 2.75) is 13.5 Å². The summed E-state index contributed by atoms with van der Waals surface area (Å²) in [5, 5.41) is 15.4. The van der Waals surface area contributed by atoms with Gasteiger partial charge in [-0.3, -0.25) is 0 Å². The van der Waals surface area contributed by atoms with Crippen LogP contribution in [-0.4, -0.2) is 20.2 Å². The highest BCUT2D eigenvalue weighted by Crippen LogP contribution is 2.20. The Labute approximate surface area is 127 Å². The van der Waals surface area contributed by atoms with Crippen molar-refractivity contribution in [3.8, 4) is 5.69 Å². The highest BCUT2D eigenvalue weighted by atomic mass is 35.5. The molecule has 0 amide bonds. The van der Waals surface area contributed by atoms with E-state index in [0.717, 1.165) is 22.9 Å². The van der Waals surface area contributed by atoms with Gasteiger partial charge in [0.2, 0.25) is 0 Å². The van der Waals surface area contributed by atoms with E-state index in [1.807, 2.05) is 42.5 Å². The summed E-state index contributed by atoms with van der Waals surface area (Å²) in [5.41, 5.74) is 4.31. The molecule has 0 spiro atoms. The van der Waals surface area contributed by atoms with Crippen LogP contribution in [0.5, 0.6) is 0 Å². The molecule has 3 aromatic rings. The number of rotatable bonds is 4. The van der Waals surface area contributed by atoms with Gasteiger partial charge in [-0.1, -0.05) is 29.8 Å². The van der Waals surface area contributed by atoms with Crippen LogP contribution in [-0.2, 0) is 6.54 Å². The number of tetrazole rings is 1. The molecule has 21 heavy (non-hydrogen) atoms. The Morgan fingerprint density at radius 2 is 1.95 bits per heavy atom. The third-order valence-corrected chi connectivity index (χ3v) is 3.48. The first-order valence-electron chi connectivity index (χ1n) is 6.55. The minimum atomic E-state index is 0.733. The zero-order chi connectivity index (χ0) is 14.7. The van der Waals surface area contributed by atoms with E-state index in [2.05, 4.69) is 27.8 Å². The van der Waals surface area contributed by atoms with Crippen LogP contribution in [0.25, 0.3) is 5.69 Å². The number of anilines is 1. The maximum atomic E-state index is 5.89. The summed E-state index contributed by atoms with van der Waals surface area (Å²) in [7, 11) is 0. The van der Waals surface area contributed by atoms with Crippen LogP contribution < -0.4 is 5.32 Å². The number of nitrogens with zero attached hydrogens (tertiary/aromatic N) is 4. The summed E-state index contributed by atoms with van der Waals surface area (Å²) < 4.78 is 1.63. The predicted octanol–water partition coefficient (Wildman–Crippen LogP) is 3.24. The lowest BCUT2D eigenvalue weighted by atomic mass is 10.1. The minimum Gasteiger partial charge on any atom is -0.381 e. The number of hydrogen-bond acceptors (Lipinski definition) is 4. The Morgan fingerprint density at radius 1 is 1.14 bits per heavy atom. The summed E-state index contributed by atoms with van der Waals surface area (Å²) in [4.78, 5) is 0. The van der Waals surface area contributed by atoms with Crippen LogP contribution in [0, 0.1) is 6.92 Å². The molecular weight excluding hydrogens is 286 g/mol. The van der Waals surface area contributed by atoms with E-state index < -0.39 is 0 Å². The predicted molar refractivity (Wildman–Crippen MR) is 82.7 cm³/mol. The minimum absolute atomic E-state index is 0.733. The molecule has 1 aromatic heterocycles. The lowest BCUT2D eigenvalue weighted by Crippen LogP contribution is -2.03. The van der Waals surface area contributed by atoms with E-state index in [1.165, 1.54) is 11.1 Å². The molecule has 0 fully saturated rings. The van der Waals surface area contributed by atoms with Crippen LogP contribution in [0.15, 0.2) is 48.8 Å². The first-order valence-corrected chi connectivity index (χ1v) is 6.92. The second kappa shape index (κ2) is 5.93. The molecule has 0 radical (unpaired) electrons. The molecule has 1 N–H and O–H groups in total. The number of halogens is 1. The molecule has 0 aliphatic heterocycles. The molecule has 3 rings (SSSR count). The van der Waals surface area contributed by atoms with Crippen molar-refractivity contribution in [2.75, 3.05) is 5.32 Å². The molecule has 6 heteroatoms. The van der Waals surface area contributed by atoms with Crippen molar-refractivity contribution in [1.82, 2.24) is 20.2 Å². The lowest BCUT2D eigenvalue weighted by molar-refractivity contribution is 0.789. The smallest absolute Gasteiger partial charge is 0.143 e. The molecule has 2 aromatic carbocycles. The molecule has 5 nitrogen and oxygen atoms in total. The lowest BCUT2D eigenvalue weighted by Gasteiger charge is -2.11. The van der Waals surface area contributed by atoms with Gasteiger partial charge in [-0.05, 0) is 52.7 Å².